The number of halogens is 1. The zero-order valence-corrected chi connectivity index (χ0v) is 11.6. The van der Waals surface area contributed by atoms with Crippen LogP contribution in [0.4, 0.5) is 5.69 Å². The molecule has 0 aromatic heterocycles. The van der Waals surface area contributed by atoms with Crippen LogP contribution in [0.15, 0.2) is 18.2 Å². The number of aryl methyl sites for hydroxylation is 1. The molecule has 0 unspecified atom stereocenters. The second kappa shape index (κ2) is 5.61. The molecule has 1 N–H and O–H groups in total. The highest BCUT2D eigenvalue weighted by Crippen LogP contribution is 2.27. The number of benzene rings is 1. The number of piperidine rings is 1. The van der Waals surface area contributed by atoms with Crippen LogP contribution in [0.2, 0.25) is 5.02 Å². The number of likely N-dealkylation sites (tertiary alicyclic amines) is 1. The van der Waals surface area contributed by atoms with Gasteiger partial charge in [-0.25, -0.2) is 0 Å². The second-order valence-electron chi connectivity index (χ2n) is 4.86. The average molecular weight is 267 g/mol. The van der Waals surface area contributed by atoms with Crippen LogP contribution in [-0.4, -0.2) is 29.9 Å². The largest absolute Gasteiger partial charge is 0.381 e. The molecule has 1 aliphatic heterocycles. The summed E-state index contributed by atoms with van der Waals surface area (Å²) in [6.07, 6.45) is 1.95. The van der Waals surface area contributed by atoms with Crippen molar-refractivity contribution >= 4 is 23.2 Å². The highest BCUT2D eigenvalue weighted by atomic mass is 35.5. The summed E-state index contributed by atoms with van der Waals surface area (Å²) in [7, 11) is 0. The Balaban J connectivity index is 1.98. The fourth-order valence-electron chi connectivity index (χ4n) is 2.36. The summed E-state index contributed by atoms with van der Waals surface area (Å²) in [6.45, 7) is 5.35. The summed E-state index contributed by atoms with van der Waals surface area (Å²) in [5, 5.41) is 4.27. The zero-order valence-electron chi connectivity index (χ0n) is 10.9. The van der Waals surface area contributed by atoms with Crippen molar-refractivity contribution in [3.8, 4) is 0 Å². The summed E-state index contributed by atoms with van der Waals surface area (Å²) in [5.41, 5.74) is 2.19. The van der Waals surface area contributed by atoms with E-state index in [1.54, 1.807) is 6.92 Å². The van der Waals surface area contributed by atoms with E-state index in [0.29, 0.717) is 6.04 Å². The number of amides is 1. The number of hydrogen-bond donors (Lipinski definition) is 1. The molecule has 0 bridgehead atoms. The number of rotatable bonds is 2. The van der Waals surface area contributed by atoms with Gasteiger partial charge in [0, 0.05) is 26.1 Å². The van der Waals surface area contributed by atoms with E-state index in [1.807, 2.05) is 17.0 Å². The van der Waals surface area contributed by atoms with Crippen LogP contribution in [0.5, 0.6) is 0 Å². The highest BCUT2D eigenvalue weighted by Gasteiger charge is 2.21. The van der Waals surface area contributed by atoms with E-state index in [-0.39, 0.29) is 5.91 Å². The number of carbonyl (C=O) groups is 1. The molecule has 18 heavy (non-hydrogen) atoms. The summed E-state index contributed by atoms with van der Waals surface area (Å²) in [5.74, 6) is 0.169. The SMILES string of the molecule is CC(=O)N1CCC(Nc2c(C)cccc2Cl)CC1. The van der Waals surface area contributed by atoms with Gasteiger partial charge in [-0.1, -0.05) is 23.7 Å². The predicted molar refractivity (Wildman–Crippen MR) is 75.1 cm³/mol. The first-order valence-electron chi connectivity index (χ1n) is 6.35. The lowest BCUT2D eigenvalue weighted by atomic mass is 10.0. The van der Waals surface area contributed by atoms with Crippen molar-refractivity contribution in [1.82, 2.24) is 4.90 Å². The van der Waals surface area contributed by atoms with Crippen LogP contribution in [0.1, 0.15) is 25.3 Å². The van der Waals surface area contributed by atoms with Crippen molar-refractivity contribution in [2.75, 3.05) is 18.4 Å². The normalized spacial score (nSPS) is 16.7. The molecule has 2 rings (SSSR count). The molecule has 1 aromatic carbocycles. The average Bonchev–Trinajstić information content (AvgIpc) is 2.34. The molecule has 1 amide bonds. The lowest BCUT2D eigenvalue weighted by Crippen LogP contribution is -2.41. The van der Waals surface area contributed by atoms with Gasteiger partial charge in [-0.3, -0.25) is 4.79 Å². The van der Waals surface area contributed by atoms with Gasteiger partial charge in [-0.2, -0.15) is 0 Å². The molecule has 1 aliphatic rings. The fraction of sp³-hybridized carbons (Fsp3) is 0.500. The van der Waals surface area contributed by atoms with Gasteiger partial charge in [-0.15, -0.1) is 0 Å². The number of nitrogens with zero attached hydrogens (tertiary/aromatic N) is 1. The van der Waals surface area contributed by atoms with Gasteiger partial charge in [0.05, 0.1) is 10.7 Å². The van der Waals surface area contributed by atoms with Crippen LogP contribution in [-0.2, 0) is 4.79 Å². The molecule has 0 atom stereocenters. The van der Waals surface area contributed by atoms with Gasteiger partial charge in [0.15, 0.2) is 0 Å². The fourth-order valence-corrected chi connectivity index (χ4v) is 2.63. The first-order chi connectivity index (χ1) is 8.58. The van der Waals surface area contributed by atoms with E-state index in [1.165, 1.54) is 0 Å². The van der Waals surface area contributed by atoms with E-state index in [4.69, 9.17) is 11.6 Å². The monoisotopic (exact) mass is 266 g/mol. The smallest absolute Gasteiger partial charge is 0.219 e. The maximum Gasteiger partial charge on any atom is 0.219 e. The summed E-state index contributed by atoms with van der Waals surface area (Å²) in [6, 6.07) is 6.32. The first-order valence-corrected chi connectivity index (χ1v) is 6.73. The van der Waals surface area contributed by atoms with E-state index in [2.05, 4.69) is 18.3 Å². The van der Waals surface area contributed by atoms with Crippen LogP contribution in [0, 0.1) is 6.92 Å². The predicted octanol–water partition coefficient (Wildman–Crippen LogP) is 3.07. The third-order valence-electron chi connectivity index (χ3n) is 3.51. The van der Waals surface area contributed by atoms with E-state index >= 15 is 0 Å². The highest BCUT2D eigenvalue weighted by molar-refractivity contribution is 6.33. The number of carbonyl (C=O) groups excluding carboxylic acids is 1. The molecule has 0 radical (unpaired) electrons. The maximum atomic E-state index is 11.3. The molecule has 1 aromatic rings. The van der Waals surface area contributed by atoms with Crippen LogP contribution >= 0.6 is 11.6 Å². The second-order valence-corrected chi connectivity index (χ2v) is 5.26. The first kappa shape index (κ1) is 13.2. The molecule has 1 heterocycles. The van der Waals surface area contributed by atoms with Gasteiger partial charge in [0.1, 0.15) is 0 Å². The Morgan fingerprint density at radius 2 is 2.06 bits per heavy atom. The maximum absolute atomic E-state index is 11.3. The minimum Gasteiger partial charge on any atom is -0.381 e. The van der Waals surface area contributed by atoms with Crippen LogP contribution in [0.25, 0.3) is 0 Å². The third kappa shape index (κ3) is 2.96. The number of anilines is 1. The van der Waals surface area contributed by atoms with Crippen molar-refractivity contribution in [2.45, 2.75) is 32.7 Å². The van der Waals surface area contributed by atoms with Gasteiger partial charge < -0.3 is 10.2 Å². The van der Waals surface area contributed by atoms with E-state index in [9.17, 15) is 4.79 Å². The Morgan fingerprint density at radius 3 is 2.61 bits per heavy atom. The molecule has 0 saturated carbocycles. The lowest BCUT2D eigenvalue weighted by Gasteiger charge is -2.32. The van der Waals surface area contributed by atoms with Crippen molar-refractivity contribution in [2.24, 2.45) is 0 Å². The van der Waals surface area contributed by atoms with E-state index in [0.717, 1.165) is 42.2 Å². The molecule has 98 valence electrons. The summed E-state index contributed by atoms with van der Waals surface area (Å²) < 4.78 is 0. The molecular formula is C14H19ClN2O. The Bertz CT molecular complexity index is 419. The molecular weight excluding hydrogens is 248 g/mol. The van der Waals surface area contributed by atoms with Gasteiger partial charge >= 0.3 is 0 Å². The van der Waals surface area contributed by atoms with Gasteiger partial charge in [0.25, 0.3) is 0 Å². The van der Waals surface area contributed by atoms with E-state index < -0.39 is 0 Å². The lowest BCUT2D eigenvalue weighted by molar-refractivity contribution is -0.129. The van der Waals surface area contributed by atoms with Crippen LogP contribution in [0.3, 0.4) is 0 Å². The van der Waals surface area contributed by atoms with Crippen molar-refractivity contribution in [3.63, 3.8) is 0 Å². The minimum absolute atomic E-state index is 0.169. The van der Waals surface area contributed by atoms with Gasteiger partial charge in [0.2, 0.25) is 5.91 Å². The topological polar surface area (TPSA) is 32.3 Å². The van der Waals surface area contributed by atoms with Gasteiger partial charge in [-0.05, 0) is 31.4 Å². The minimum atomic E-state index is 0.169. The molecule has 0 spiro atoms. The van der Waals surface area contributed by atoms with Crippen molar-refractivity contribution in [3.05, 3.63) is 28.8 Å². The Morgan fingerprint density at radius 1 is 1.39 bits per heavy atom. The number of para-hydroxylation sites is 1. The third-order valence-corrected chi connectivity index (χ3v) is 3.83. The Hall–Kier alpha value is -1.22. The standard InChI is InChI=1S/C14H19ClN2O/c1-10-4-3-5-13(15)14(10)16-12-6-8-17(9-7-12)11(2)18/h3-5,12,16H,6-9H2,1-2H3. The molecule has 0 aliphatic carbocycles. The quantitative estimate of drug-likeness (QED) is 0.892. The molecule has 4 heteroatoms. The van der Waals surface area contributed by atoms with Crippen molar-refractivity contribution in [1.29, 1.82) is 0 Å². The summed E-state index contributed by atoms with van der Waals surface area (Å²) >= 11 is 6.20. The van der Waals surface area contributed by atoms with Crippen molar-refractivity contribution < 1.29 is 4.79 Å². The summed E-state index contributed by atoms with van der Waals surface area (Å²) in [4.78, 5) is 13.2. The Kier molecular flexibility index (Phi) is 4.12. The Labute approximate surface area is 113 Å². The van der Waals surface area contributed by atoms with Crippen LogP contribution < -0.4 is 5.32 Å². The zero-order chi connectivity index (χ0) is 13.1. The number of nitrogens with one attached hydrogen (secondary N) is 1. The molecule has 1 fully saturated rings. The molecule has 1 saturated heterocycles. The number of hydrogen-bond acceptors (Lipinski definition) is 2. The molecule has 3 nitrogen and oxygen atoms in total.